The number of rotatable bonds is 3. The van der Waals surface area contributed by atoms with Gasteiger partial charge in [-0.15, -0.1) is 11.3 Å². The summed E-state index contributed by atoms with van der Waals surface area (Å²) in [5.74, 6) is -0.243. The molecule has 0 unspecified atom stereocenters. The molecular formula is C13H11FN4S. The van der Waals surface area contributed by atoms with Gasteiger partial charge in [0.25, 0.3) is 0 Å². The maximum Gasteiger partial charge on any atom is 0.145 e. The number of nitrogens with zero attached hydrogens (tertiary/aromatic N) is 3. The topological polar surface area (TPSA) is 56.7 Å². The fourth-order valence-electron chi connectivity index (χ4n) is 1.80. The van der Waals surface area contributed by atoms with Crippen molar-refractivity contribution in [3.63, 3.8) is 0 Å². The lowest BCUT2D eigenvalue weighted by Gasteiger charge is -2.01. The van der Waals surface area contributed by atoms with Crippen LogP contribution in [0, 0.1) is 5.82 Å². The van der Waals surface area contributed by atoms with Gasteiger partial charge in [-0.25, -0.2) is 9.37 Å². The zero-order valence-corrected chi connectivity index (χ0v) is 10.8. The van der Waals surface area contributed by atoms with Crippen LogP contribution in [0.1, 0.15) is 5.56 Å². The first-order valence-electron chi connectivity index (χ1n) is 5.69. The molecule has 0 saturated heterocycles. The third-order valence-electron chi connectivity index (χ3n) is 2.68. The van der Waals surface area contributed by atoms with E-state index in [4.69, 9.17) is 5.73 Å². The molecule has 2 N–H and O–H groups in total. The maximum atomic E-state index is 12.8. The van der Waals surface area contributed by atoms with Crippen molar-refractivity contribution in [1.82, 2.24) is 14.8 Å². The van der Waals surface area contributed by atoms with E-state index in [2.05, 4.69) is 10.1 Å². The van der Waals surface area contributed by atoms with Gasteiger partial charge in [-0.1, -0.05) is 12.1 Å². The van der Waals surface area contributed by atoms with Crippen molar-refractivity contribution in [3.05, 3.63) is 53.4 Å². The van der Waals surface area contributed by atoms with Gasteiger partial charge in [0.05, 0.1) is 12.2 Å². The molecule has 4 nitrogen and oxygen atoms in total. The van der Waals surface area contributed by atoms with Crippen LogP contribution in [-0.4, -0.2) is 14.8 Å². The van der Waals surface area contributed by atoms with Gasteiger partial charge in [0.15, 0.2) is 0 Å². The van der Waals surface area contributed by atoms with Crippen LogP contribution in [0.2, 0.25) is 0 Å². The van der Waals surface area contributed by atoms with Crippen LogP contribution in [0.5, 0.6) is 0 Å². The van der Waals surface area contributed by atoms with E-state index >= 15 is 0 Å². The second kappa shape index (κ2) is 4.81. The van der Waals surface area contributed by atoms with Crippen LogP contribution < -0.4 is 5.73 Å². The number of halogens is 1. The molecule has 2 aromatic heterocycles. The molecule has 0 amide bonds. The smallest absolute Gasteiger partial charge is 0.145 e. The minimum absolute atomic E-state index is 0.243. The molecule has 0 bridgehead atoms. The minimum atomic E-state index is -0.243. The number of hydrogen-bond donors (Lipinski definition) is 1. The highest BCUT2D eigenvalue weighted by molar-refractivity contribution is 7.13. The average molecular weight is 274 g/mol. The molecule has 6 heteroatoms. The quantitative estimate of drug-likeness (QED) is 0.799. The summed E-state index contributed by atoms with van der Waals surface area (Å²) in [5.41, 5.74) is 8.19. The molecule has 2 heterocycles. The molecule has 19 heavy (non-hydrogen) atoms. The first-order valence-corrected chi connectivity index (χ1v) is 6.57. The predicted molar refractivity (Wildman–Crippen MR) is 73.2 cm³/mol. The lowest BCUT2D eigenvalue weighted by atomic mass is 10.2. The van der Waals surface area contributed by atoms with Crippen molar-refractivity contribution in [2.45, 2.75) is 6.54 Å². The Morgan fingerprint density at radius 3 is 2.74 bits per heavy atom. The largest absolute Gasteiger partial charge is 0.396 e. The van der Waals surface area contributed by atoms with Crippen molar-refractivity contribution in [2.75, 3.05) is 5.73 Å². The van der Waals surface area contributed by atoms with Gasteiger partial charge in [-0.05, 0) is 17.7 Å². The van der Waals surface area contributed by atoms with Crippen LogP contribution >= 0.6 is 11.3 Å². The Balaban J connectivity index is 1.87. The third kappa shape index (κ3) is 2.48. The van der Waals surface area contributed by atoms with E-state index in [1.807, 2.05) is 5.38 Å². The first kappa shape index (κ1) is 11.9. The molecule has 0 saturated carbocycles. The lowest BCUT2D eigenvalue weighted by molar-refractivity contribution is 0.624. The Kier molecular flexibility index (Phi) is 3.00. The van der Waals surface area contributed by atoms with Gasteiger partial charge in [0.1, 0.15) is 16.5 Å². The summed E-state index contributed by atoms with van der Waals surface area (Å²) < 4.78 is 14.6. The van der Waals surface area contributed by atoms with E-state index in [1.54, 1.807) is 29.2 Å². The molecule has 0 radical (unpaired) electrons. The fourth-order valence-corrected chi connectivity index (χ4v) is 2.44. The molecule has 0 aliphatic carbocycles. The average Bonchev–Trinajstić information content (AvgIpc) is 3.01. The highest BCUT2D eigenvalue weighted by atomic mass is 32.1. The number of benzene rings is 1. The Morgan fingerprint density at radius 1 is 1.26 bits per heavy atom. The molecule has 1 aromatic carbocycles. The summed E-state index contributed by atoms with van der Waals surface area (Å²) in [7, 11) is 0. The summed E-state index contributed by atoms with van der Waals surface area (Å²) >= 11 is 1.50. The van der Waals surface area contributed by atoms with E-state index in [0.717, 1.165) is 10.6 Å². The predicted octanol–water partition coefficient (Wildman–Crippen LogP) is 2.78. The molecule has 96 valence electrons. The monoisotopic (exact) mass is 274 g/mol. The maximum absolute atomic E-state index is 12.8. The van der Waals surface area contributed by atoms with Gasteiger partial charge in [-0.2, -0.15) is 5.10 Å². The van der Waals surface area contributed by atoms with Gasteiger partial charge < -0.3 is 5.73 Å². The Morgan fingerprint density at radius 2 is 2.05 bits per heavy atom. The molecule has 0 spiro atoms. The number of nitrogen functional groups attached to an aromatic ring is 1. The zero-order chi connectivity index (χ0) is 13.2. The van der Waals surface area contributed by atoms with Crippen molar-refractivity contribution >= 4 is 17.0 Å². The number of thiazole rings is 1. The fraction of sp³-hybridized carbons (Fsp3) is 0.0769. The van der Waals surface area contributed by atoms with E-state index in [1.165, 1.54) is 23.5 Å². The highest BCUT2D eigenvalue weighted by Gasteiger charge is 2.10. The Hall–Kier alpha value is -2.21. The summed E-state index contributed by atoms with van der Waals surface area (Å²) in [6.45, 7) is 0.551. The first-order chi connectivity index (χ1) is 9.22. The van der Waals surface area contributed by atoms with E-state index in [9.17, 15) is 4.39 Å². The molecule has 3 aromatic rings. The molecule has 0 aliphatic heterocycles. The molecular weight excluding hydrogens is 263 g/mol. The normalized spacial score (nSPS) is 10.8. The molecule has 0 fully saturated rings. The summed E-state index contributed by atoms with van der Waals surface area (Å²) in [6, 6.07) is 6.33. The van der Waals surface area contributed by atoms with Crippen LogP contribution in [0.4, 0.5) is 10.1 Å². The van der Waals surface area contributed by atoms with Gasteiger partial charge in [0, 0.05) is 17.8 Å². The second-order valence-electron chi connectivity index (χ2n) is 4.09. The second-order valence-corrected chi connectivity index (χ2v) is 4.99. The minimum Gasteiger partial charge on any atom is -0.396 e. The summed E-state index contributed by atoms with van der Waals surface area (Å²) in [5, 5.41) is 7.10. The van der Waals surface area contributed by atoms with E-state index < -0.39 is 0 Å². The summed E-state index contributed by atoms with van der Waals surface area (Å²) in [4.78, 5) is 4.19. The Bertz CT molecular complexity index is 673. The molecule has 0 aliphatic rings. The molecule has 3 rings (SSSR count). The molecule has 0 atom stereocenters. The van der Waals surface area contributed by atoms with Crippen molar-refractivity contribution in [3.8, 4) is 10.7 Å². The lowest BCUT2D eigenvalue weighted by Crippen LogP contribution is -2.00. The van der Waals surface area contributed by atoms with Gasteiger partial charge >= 0.3 is 0 Å². The van der Waals surface area contributed by atoms with Crippen LogP contribution in [-0.2, 0) is 6.54 Å². The summed E-state index contributed by atoms with van der Waals surface area (Å²) in [6.07, 6.45) is 3.48. The van der Waals surface area contributed by atoms with E-state index in [-0.39, 0.29) is 5.82 Å². The Labute approximate surface area is 113 Å². The van der Waals surface area contributed by atoms with Gasteiger partial charge in [-0.3, -0.25) is 4.68 Å². The number of hydrogen-bond acceptors (Lipinski definition) is 4. The number of aromatic nitrogens is 3. The van der Waals surface area contributed by atoms with Crippen LogP contribution in [0.25, 0.3) is 10.7 Å². The van der Waals surface area contributed by atoms with Crippen molar-refractivity contribution in [1.29, 1.82) is 0 Å². The number of nitrogens with two attached hydrogens (primary N) is 1. The number of anilines is 1. The van der Waals surface area contributed by atoms with Crippen LogP contribution in [0.3, 0.4) is 0 Å². The third-order valence-corrected chi connectivity index (χ3v) is 3.46. The van der Waals surface area contributed by atoms with Crippen molar-refractivity contribution in [2.24, 2.45) is 0 Å². The van der Waals surface area contributed by atoms with E-state index in [0.29, 0.717) is 17.9 Å². The SMILES string of the molecule is Nc1cn(Cc2ccc(F)cc2)nc1-c1nccs1. The van der Waals surface area contributed by atoms with Crippen LogP contribution in [0.15, 0.2) is 42.0 Å². The van der Waals surface area contributed by atoms with Crippen molar-refractivity contribution < 1.29 is 4.39 Å². The zero-order valence-electron chi connectivity index (χ0n) is 9.95. The highest BCUT2D eigenvalue weighted by Crippen LogP contribution is 2.25. The standard InChI is InChI=1S/C13H11FN4S/c14-10-3-1-9(2-4-10)7-18-8-11(15)12(17-18)13-16-5-6-19-13/h1-6,8H,7,15H2. The van der Waals surface area contributed by atoms with Gasteiger partial charge in [0.2, 0.25) is 0 Å².